The fourth-order valence-electron chi connectivity index (χ4n) is 16.2. The number of likely N-dealkylation sites (tertiary alicyclic amines) is 3. The Bertz CT molecular complexity index is 6070. The Morgan fingerprint density at radius 1 is 0.486 bits per heavy atom. The van der Waals surface area contributed by atoms with Crippen molar-refractivity contribution in [2.75, 3.05) is 70.4 Å². The number of hydrogen-bond donors (Lipinski definition) is 6. The highest BCUT2D eigenvalue weighted by Crippen LogP contribution is 2.41. The van der Waals surface area contributed by atoms with Crippen molar-refractivity contribution < 1.29 is 28.6 Å². The summed E-state index contributed by atoms with van der Waals surface area (Å²) in [5, 5.41) is 8.79. The Kier molecular flexibility index (Phi) is 17.4. The van der Waals surface area contributed by atoms with Crippen molar-refractivity contribution >= 4 is 95.3 Å². The van der Waals surface area contributed by atoms with Crippen LogP contribution in [0.15, 0.2) is 195 Å². The SMILES string of the molecule is COc1cccc(CC(=O)N2CCC(c3nc(-c4cc5ccccc5[nH]4)c4c(N)nccn34)CC2)c1.Cn1nc(C(=O)N2CCC(c3nc(-c4cc5ccccc5[nH]4)c4c(N)nccn34)CC2)c2ccccc21.Nc1nccn2c(C3CCN(C(=O)c4ccc5c(c4)OCO5)CC3)nc(-c3cc4ccccc4[nH]3)c12. The number of nitrogens with one attached hydrogen (secondary N) is 3. The Labute approximate surface area is 624 Å². The number of ether oxygens (including phenoxy) is 3. The van der Waals surface area contributed by atoms with Gasteiger partial charge < -0.3 is 61.1 Å². The summed E-state index contributed by atoms with van der Waals surface area (Å²) in [4.78, 5) is 84.0. The second-order valence-corrected chi connectivity index (χ2v) is 28.2. The van der Waals surface area contributed by atoms with E-state index in [9.17, 15) is 14.4 Å². The van der Waals surface area contributed by atoms with Crippen LogP contribution in [0.4, 0.5) is 17.5 Å². The summed E-state index contributed by atoms with van der Waals surface area (Å²) in [5.41, 5.74) is 32.8. The first-order valence-corrected chi connectivity index (χ1v) is 36.8. The van der Waals surface area contributed by atoms with Gasteiger partial charge in [0.25, 0.3) is 11.8 Å². The Morgan fingerprint density at radius 3 is 1.40 bits per heavy atom. The molecule has 26 heteroatoms. The van der Waals surface area contributed by atoms with Gasteiger partial charge in [0.15, 0.2) is 17.2 Å². The summed E-state index contributed by atoms with van der Waals surface area (Å²) in [6, 6.07) is 51.7. The van der Waals surface area contributed by atoms with Crippen molar-refractivity contribution in [2.45, 2.75) is 62.7 Å². The zero-order valence-corrected chi connectivity index (χ0v) is 60.0. The summed E-state index contributed by atoms with van der Waals surface area (Å²) in [6.07, 6.45) is 16.2. The summed E-state index contributed by atoms with van der Waals surface area (Å²) in [5.74, 6) is 7.01. The molecule has 546 valence electrons. The molecule has 16 aromatic rings. The van der Waals surface area contributed by atoms with Gasteiger partial charge in [0, 0.05) is 145 Å². The molecule has 3 saturated heterocycles. The molecule has 9 N–H and O–H groups in total. The number of nitrogens with two attached hydrogens (primary N) is 3. The van der Waals surface area contributed by atoms with Gasteiger partial charge in [0.1, 0.15) is 74.3 Å². The average molecular weight is 1450 g/mol. The number of imidazole rings is 3. The zero-order valence-electron chi connectivity index (χ0n) is 60.0. The molecule has 26 nitrogen and oxygen atoms in total. The molecule has 0 unspecified atom stereocenters. The lowest BCUT2D eigenvalue weighted by Gasteiger charge is -2.31. The third-order valence-electron chi connectivity index (χ3n) is 21.8. The lowest BCUT2D eigenvalue weighted by molar-refractivity contribution is -0.131. The monoisotopic (exact) mass is 1450 g/mol. The number of piperidine rings is 3. The van der Waals surface area contributed by atoms with Crippen LogP contribution in [0.5, 0.6) is 17.2 Å². The smallest absolute Gasteiger partial charge is 0.275 e. The molecule has 6 aromatic carbocycles. The van der Waals surface area contributed by atoms with Crippen LogP contribution < -0.4 is 31.4 Å². The Morgan fingerprint density at radius 2 is 0.927 bits per heavy atom. The molecule has 0 atom stereocenters. The third-order valence-corrected chi connectivity index (χ3v) is 21.8. The van der Waals surface area contributed by atoms with E-state index in [2.05, 4.69) is 96.7 Å². The molecule has 0 spiro atoms. The highest BCUT2D eigenvalue weighted by molar-refractivity contribution is 6.05. The maximum Gasteiger partial charge on any atom is 0.275 e. The summed E-state index contributed by atoms with van der Waals surface area (Å²) < 4.78 is 24.1. The van der Waals surface area contributed by atoms with Crippen molar-refractivity contribution in [3.05, 3.63) is 229 Å². The molecule has 10 aromatic heterocycles. The van der Waals surface area contributed by atoms with Crippen molar-refractivity contribution in [1.29, 1.82) is 0 Å². The number of para-hydroxylation sites is 4. The molecule has 3 fully saturated rings. The van der Waals surface area contributed by atoms with E-state index in [0.29, 0.717) is 85.9 Å². The molecule has 0 aliphatic carbocycles. The predicted molar refractivity (Wildman–Crippen MR) is 418 cm³/mol. The van der Waals surface area contributed by atoms with Crippen LogP contribution in [0.1, 0.15) is 100 Å². The number of methoxy groups -OCH3 is 1. The number of fused-ring (bicyclic) bond motifs is 8. The van der Waals surface area contributed by atoms with E-state index >= 15 is 0 Å². The Hall–Kier alpha value is -13.5. The number of anilines is 3. The predicted octanol–water partition coefficient (Wildman–Crippen LogP) is 13.0. The van der Waals surface area contributed by atoms with Gasteiger partial charge in [-0.15, -0.1) is 0 Å². The second-order valence-electron chi connectivity index (χ2n) is 28.2. The van der Waals surface area contributed by atoms with Gasteiger partial charge in [0.05, 0.1) is 36.1 Å². The number of nitrogens with zero attached hydrogens (tertiary/aromatic N) is 14. The van der Waals surface area contributed by atoms with Crippen molar-refractivity contribution in [2.24, 2.45) is 7.05 Å². The molecule has 0 saturated carbocycles. The molecule has 0 radical (unpaired) electrons. The first-order chi connectivity index (χ1) is 53.3. The van der Waals surface area contributed by atoms with Gasteiger partial charge in [-0.2, -0.15) is 5.10 Å². The van der Waals surface area contributed by atoms with Crippen LogP contribution in [-0.4, -0.2) is 153 Å². The first kappa shape index (κ1) is 67.4. The number of aryl methyl sites for hydroxylation is 1. The van der Waals surface area contributed by atoms with E-state index in [1.165, 1.54) is 0 Å². The minimum absolute atomic E-state index is 0.00642. The van der Waals surface area contributed by atoms with Gasteiger partial charge in [-0.3, -0.25) is 32.3 Å². The van der Waals surface area contributed by atoms with Crippen LogP contribution in [0.25, 0.3) is 94.3 Å². The van der Waals surface area contributed by atoms with Crippen molar-refractivity contribution in [3.63, 3.8) is 0 Å². The lowest BCUT2D eigenvalue weighted by Crippen LogP contribution is -2.39. The number of carbonyl (C=O) groups is 3. The molecule has 14 heterocycles. The number of carbonyl (C=O) groups excluding carboxylic acids is 3. The topological polar surface area (TPSA) is 322 Å². The normalized spacial score (nSPS) is 15.0. The molecular weight excluding hydrogens is 1370 g/mol. The van der Waals surface area contributed by atoms with E-state index in [1.807, 2.05) is 131 Å². The average Bonchev–Trinajstić information content (AvgIpc) is 1.61. The molecule has 3 amide bonds. The van der Waals surface area contributed by atoms with Crippen LogP contribution in [0.2, 0.25) is 0 Å². The van der Waals surface area contributed by atoms with Gasteiger partial charge in [-0.05, 0) is 117 Å². The van der Waals surface area contributed by atoms with Crippen LogP contribution in [-0.2, 0) is 18.3 Å². The van der Waals surface area contributed by atoms with Crippen molar-refractivity contribution in [3.8, 4) is 51.4 Å². The lowest BCUT2D eigenvalue weighted by atomic mass is 9.95. The number of hydrogen-bond acceptors (Lipinski definition) is 16. The maximum absolute atomic E-state index is 13.4. The van der Waals surface area contributed by atoms with E-state index in [-0.39, 0.29) is 42.3 Å². The fourth-order valence-corrected chi connectivity index (χ4v) is 16.2. The van der Waals surface area contributed by atoms with Gasteiger partial charge in [-0.1, -0.05) is 84.9 Å². The first-order valence-electron chi connectivity index (χ1n) is 36.8. The minimum Gasteiger partial charge on any atom is -0.497 e. The van der Waals surface area contributed by atoms with Gasteiger partial charge in [0.2, 0.25) is 12.7 Å². The van der Waals surface area contributed by atoms with E-state index in [4.69, 9.17) is 46.4 Å². The number of amides is 3. The fraction of sp³-hybridized carbons (Fsp3) is 0.229. The van der Waals surface area contributed by atoms with Gasteiger partial charge >= 0.3 is 0 Å². The molecular formula is C83H78N20O6. The van der Waals surface area contributed by atoms with Crippen LogP contribution >= 0.6 is 0 Å². The number of nitrogen functional groups attached to an aromatic ring is 3. The van der Waals surface area contributed by atoms with E-state index < -0.39 is 0 Å². The second kappa shape index (κ2) is 28.1. The summed E-state index contributed by atoms with van der Waals surface area (Å²) in [6.45, 7) is 4.17. The Balaban J connectivity index is 0.000000115. The molecule has 4 aliphatic heterocycles. The highest BCUT2D eigenvalue weighted by atomic mass is 16.7. The standard InChI is InChI=1S/C28H26N8O.C28H28N6O2.C27H24N6O3/c1-34-22-9-5-3-7-19(22)23(33-34)28(37)35-13-10-17(11-14-35)27-32-24(25-26(29)30-12-15-36(25)27)21-16-18-6-2-4-8-20(18)31-21;1-36-21-7-4-5-18(15-21)16-24(35)33-12-9-19(10-13-33)28-32-25(26-27(29)30-11-14-34(26)28)23-17-20-6-2-3-8-22(20)31-23;28-25-24-23(20-13-17-3-1-2-4-19(17)30-20)31-26(33(24)12-9-29-25)16-7-10-32(11-8-16)27(34)18-5-6-21-22(14-18)36-15-35-21/h2-9,12,15-17,31H,10-11,13-14H2,1H3,(H2,29,30);2-8,11,14-15,17,19,31H,9-10,12-13,16H2,1H3,(H2,29,30);1-6,9,12-14,16,30H,7-8,10-11,15H2,(H2,28,29). The molecule has 20 rings (SSSR count). The van der Waals surface area contributed by atoms with E-state index in [0.717, 1.165) is 162 Å². The van der Waals surface area contributed by atoms with Crippen LogP contribution in [0.3, 0.4) is 0 Å². The quantitative estimate of drug-likeness (QED) is 0.0701. The van der Waals surface area contributed by atoms with Crippen LogP contribution in [0, 0.1) is 0 Å². The summed E-state index contributed by atoms with van der Waals surface area (Å²) >= 11 is 0. The molecule has 0 bridgehead atoms. The molecule has 4 aliphatic rings. The number of benzene rings is 6. The maximum atomic E-state index is 13.4. The third kappa shape index (κ3) is 12.6. The zero-order chi connectivity index (χ0) is 74.0. The number of aromatic amines is 3. The van der Waals surface area contributed by atoms with Gasteiger partial charge in [-0.25, -0.2) is 29.9 Å². The largest absolute Gasteiger partial charge is 0.497 e. The number of aromatic nitrogens is 14. The number of H-pyrrole nitrogens is 3. The highest BCUT2D eigenvalue weighted by Gasteiger charge is 2.34. The summed E-state index contributed by atoms with van der Waals surface area (Å²) in [7, 11) is 3.51. The number of rotatable bonds is 11. The van der Waals surface area contributed by atoms with Crippen molar-refractivity contribution in [1.82, 2.24) is 82.5 Å². The van der Waals surface area contributed by atoms with E-state index in [1.54, 1.807) is 48.6 Å². The minimum atomic E-state index is -0.0181. The molecule has 109 heavy (non-hydrogen) atoms.